The van der Waals surface area contributed by atoms with Crippen molar-refractivity contribution in [2.45, 2.75) is 13.8 Å². The molecule has 3 amide bonds. The second-order valence-electron chi connectivity index (χ2n) is 6.65. The molecule has 0 fully saturated rings. The molecule has 7 heteroatoms. The lowest BCUT2D eigenvalue weighted by Gasteiger charge is -2.12. The zero-order valence-electron chi connectivity index (χ0n) is 15.6. The monoisotopic (exact) mass is 369 g/mol. The Morgan fingerprint density at radius 1 is 1.11 bits per heavy atom. The number of imide groups is 1. The van der Waals surface area contributed by atoms with Gasteiger partial charge in [0.2, 0.25) is 5.91 Å². The molecular formula is C20H23N3O4. The van der Waals surface area contributed by atoms with Gasteiger partial charge in [0, 0.05) is 23.4 Å². The molecule has 142 valence electrons. The summed E-state index contributed by atoms with van der Waals surface area (Å²) in [6, 6.07) is 10.9. The van der Waals surface area contributed by atoms with Crippen molar-refractivity contribution in [2.24, 2.45) is 5.92 Å². The van der Waals surface area contributed by atoms with E-state index in [1.54, 1.807) is 13.2 Å². The van der Waals surface area contributed by atoms with E-state index in [0.29, 0.717) is 29.5 Å². The number of urea groups is 1. The summed E-state index contributed by atoms with van der Waals surface area (Å²) in [6.45, 7) is 4.38. The first-order chi connectivity index (χ1) is 13.0. The van der Waals surface area contributed by atoms with Crippen LogP contribution < -0.4 is 20.7 Å². The molecule has 2 aromatic carbocycles. The number of para-hydroxylation sites is 1. The average molecular weight is 369 g/mol. The number of ether oxygens (including phenoxy) is 1. The van der Waals surface area contributed by atoms with Gasteiger partial charge in [0.1, 0.15) is 16.9 Å². The van der Waals surface area contributed by atoms with E-state index in [1.165, 1.54) is 0 Å². The molecule has 0 radical (unpaired) electrons. The van der Waals surface area contributed by atoms with Crippen LogP contribution in [0.1, 0.15) is 13.8 Å². The second kappa shape index (κ2) is 7.99. The summed E-state index contributed by atoms with van der Waals surface area (Å²) in [4.78, 5) is 23.6. The molecule has 3 rings (SSSR count). The quantitative estimate of drug-likeness (QED) is 0.618. The normalized spacial score (nSPS) is 11.0. The van der Waals surface area contributed by atoms with Crippen LogP contribution in [0.2, 0.25) is 0 Å². The summed E-state index contributed by atoms with van der Waals surface area (Å²) in [7, 11) is 1.56. The number of hydrogen-bond acceptors (Lipinski definition) is 5. The Balaban J connectivity index is 1.71. The molecule has 1 aromatic heterocycles. The maximum atomic E-state index is 12.0. The SMILES string of the molecule is COc1cc2c(cc1NCC(=O)NC(=O)NCC(C)C)oc1ccccc12. The van der Waals surface area contributed by atoms with Gasteiger partial charge in [0.25, 0.3) is 0 Å². The Hall–Kier alpha value is -3.22. The topological polar surface area (TPSA) is 92.6 Å². The van der Waals surface area contributed by atoms with E-state index in [1.807, 2.05) is 44.2 Å². The fraction of sp³-hybridized carbons (Fsp3) is 0.300. The van der Waals surface area contributed by atoms with Gasteiger partial charge >= 0.3 is 6.03 Å². The lowest BCUT2D eigenvalue weighted by molar-refractivity contribution is -0.118. The molecule has 0 spiro atoms. The van der Waals surface area contributed by atoms with Crippen LogP contribution in [0.4, 0.5) is 10.5 Å². The Labute approximate surface area is 157 Å². The van der Waals surface area contributed by atoms with Crippen molar-refractivity contribution in [3.63, 3.8) is 0 Å². The van der Waals surface area contributed by atoms with Crippen LogP contribution in [0.3, 0.4) is 0 Å². The van der Waals surface area contributed by atoms with E-state index < -0.39 is 11.9 Å². The molecule has 1 heterocycles. The van der Waals surface area contributed by atoms with E-state index in [9.17, 15) is 9.59 Å². The van der Waals surface area contributed by atoms with Gasteiger partial charge in [-0.1, -0.05) is 32.0 Å². The Kier molecular flexibility index (Phi) is 5.49. The van der Waals surface area contributed by atoms with Crippen molar-refractivity contribution in [1.82, 2.24) is 10.6 Å². The third-order valence-corrected chi connectivity index (χ3v) is 4.06. The average Bonchev–Trinajstić information content (AvgIpc) is 3.01. The van der Waals surface area contributed by atoms with Gasteiger partial charge in [-0.2, -0.15) is 0 Å². The third-order valence-electron chi connectivity index (χ3n) is 4.06. The van der Waals surface area contributed by atoms with Gasteiger partial charge in [-0.3, -0.25) is 10.1 Å². The van der Waals surface area contributed by atoms with Crippen LogP contribution in [0.5, 0.6) is 5.75 Å². The number of benzene rings is 2. The van der Waals surface area contributed by atoms with E-state index in [2.05, 4.69) is 16.0 Å². The number of fused-ring (bicyclic) bond motifs is 3. The number of anilines is 1. The number of methoxy groups -OCH3 is 1. The number of nitrogens with one attached hydrogen (secondary N) is 3. The minimum Gasteiger partial charge on any atom is -0.495 e. The van der Waals surface area contributed by atoms with Crippen LogP contribution >= 0.6 is 0 Å². The first kappa shape index (κ1) is 18.6. The number of rotatable bonds is 6. The predicted octanol–water partition coefficient (Wildman–Crippen LogP) is 3.49. The molecule has 0 aliphatic carbocycles. The Bertz CT molecular complexity index is 978. The summed E-state index contributed by atoms with van der Waals surface area (Å²) < 4.78 is 11.3. The van der Waals surface area contributed by atoms with Crippen molar-refractivity contribution < 1.29 is 18.7 Å². The third kappa shape index (κ3) is 4.31. The zero-order chi connectivity index (χ0) is 19.4. The van der Waals surface area contributed by atoms with Gasteiger partial charge in [-0.05, 0) is 18.1 Å². The lowest BCUT2D eigenvalue weighted by atomic mass is 10.1. The highest BCUT2D eigenvalue weighted by atomic mass is 16.5. The molecule has 0 unspecified atom stereocenters. The smallest absolute Gasteiger partial charge is 0.321 e. The molecule has 0 saturated heterocycles. The molecule has 0 saturated carbocycles. The number of hydrogen-bond donors (Lipinski definition) is 3. The van der Waals surface area contributed by atoms with Crippen LogP contribution in [-0.2, 0) is 4.79 Å². The van der Waals surface area contributed by atoms with Crippen molar-refractivity contribution in [2.75, 3.05) is 25.5 Å². The summed E-state index contributed by atoms with van der Waals surface area (Å²) >= 11 is 0. The van der Waals surface area contributed by atoms with Crippen molar-refractivity contribution >= 4 is 39.6 Å². The van der Waals surface area contributed by atoms with Crippen LogP contribution in [0.15, 0.2) is 40.8 Å². The van der Waals surface area contributed by atoms with Crippen LogP contribution in [0.25, 0.3) is 21.9 Å². The van der Waals surface area contributed by atoms with Gasteiger partial charge in [0.05, 0.1) is 19.3 Å². The van der Waals surface area contributed by atoms with E-state index in [-0.39, 0.29) is 6.54 Å². The summed E-state index contributed by atoms with van der Waals surface area (Å²) in [5.74, 6) is 0.456. The molecule has 0 atom stereocenters. The molecular weight excluding hydrogens is 346 g/mol. The highest BCUT2D eigenvalue weighted by Gasteiger charge is 2.14. The molecule has 7 nitrogen and oxygen atoms in total. The van der Waals surface area contributed by atoms with Crippen molar-refractivity contribution in [1.29, 1.82) is 0 Å². The van der Waals surface area contributed by atoms with Crippen LogP contribution in [0, 0.1) is 5.92 Å². The zero-order valence-corrected chi connectivity index (χ0v) is 15.6. The van der Waals surface area contributed by atoms with Crippen LogP contribution in [-0.4, -0.2) is 32.1 Å². The molecule has 0 bridgehead atoms. The molecule has 0 aliphatic rings. The van der Waals surface area contributed by atoms with Gasteiger partial charge in [-0.15, -0.1) is 0 Å². The fourth-order valence-electron chi connectivity index (χ4n) is 2.75. The van der Waals surface area contributed by atoms with Crippen molar-refractivity contribution in [3.05, 3.63) is 36.4 Å². The Morgan fingerprint density at radius 2 is 1.89 bits per heavy atom. The summed E-state index contributed by atoms with van der Waals surface area (Å²) in [6.07, 6.45) is 0. The predicted molar refractivity (Wildman–Crippen MR) is 105 cm³/mol. The highest BCUT2D eigenvalue weighted by molar-refractivity contribution is 6.06. The largest absolute Gasteiger partial charge is 0.495 e. The second-order valence-corrected chi connectivity index (χ2v) is 6.65. The number of amides is 3. The molecule has 3 aromatic rings. The lowest BCUT2D eigenvalue weighted by Crippen LogP contribution is -2.43. The summed E-state index contributed by atoms with van der Waals surface area (Å²) in [5, 5.41) is 9.85. The molecule has 3 N–H and O–H groups in total. The molecule has 0 aliphatic heterocycles. The fourth-order valence-corrected chi connectivity index (χ4v) is 2.75. The van der Waals surface area contributed by atoms with E-state index in [4.69, 9.17) is 9.15 Å². The Morgan fingerprint density at radius 3 is 2.63 bits per heavy atom. The molecule has 27 heavy (non-hydrogen) atoms. The highest BCUT2D eigenvalue weighted by Crippen LogP contribution is 2.36. The first-order valence-corrected chi connectivity index (χ1v) is 8.78. The minimum absolute atomic E-state index is 0.0722. The number of carbonyl (C=O) groups excluding carboxylic acids is 2. The van der Waals surface area contributed by atoms with Gasteiger partial charge < -0.3 is 19.8 Å². The minimum atomic E-state index is -0.504. The van der Waals surface area contributed by atoms with Gasteiger partial charge in [0.15, 0.2) is 0 Å². The first-order valence-electron chi connectivity index (χ1n) is 8.78. The van der Waals surface area contributed by atoms with E-state index >= 15 is 0 Å². The standard InChI is InChI=1S/C20H23N3O4/c1-12(2)10-22-20(25)23-19(24)11-21-15-9-17-14(8-18(15)26-3)13-6-4-5-7-16(13)27-17/h4-9,12,21H,10-11H2,1-3H3,(H2,22,23,24,25). The summed E-state index contributed by atoms with van der Waals surface area (Å²) in [5.41, 5.74) is 2.09. The van der Waals surface area contributed by atoms with Crippen molar-refractivity contribution in [3.8, 4) is 5.75 Å². The van der Waals surface area contributed by atoms with E-state index in [0.717, 1.165) is 16.4 Å². The number of carbonyl (C=O) groups is 2. The van der Waals surface area contributed by atoms with Gasteiger partial charge in [-0.25, -0.2) is 4.79 Å². The maximum Gasteiger partial charge on any atom is 0.321 e. The maximum absolute atomic E-state index is 12.0. The number of furan rings is 1.